The Labute approximate surface area is 180 Å². The number of carbonyl (C=O) groups is 2. The Morgan fingerprint density at radius 3 is 1.34 bits per heavy atom. The lowest BCUT2D eigenvalue weighted by molar-refractivity contribution is -0.142. The number of aliphatic carboxylic acids is 1. The molecule has 1 amide bonds. The molecule has 4 nitrogen and oxygen atoms in total. The van der Waals surface area contributed by atoms with E-state index in [2.05, 4.69) is 12.2 Å². The molecule has 0 bridgehead atoms. The Balaban J connectivity index is 3.29. The maximum Gasteiger partial charge on any atom is 0.326 e. The molecular formula is C25H49NO3. The van der Waals surface area contributed by atoms with Crippen LogP contribution in [-0.4, -0.2) is 23.0 Å². The molecular weight excluding hydrogens is 362 g/mol. The van der Waals surface area contributed by atoms with Crippen molar-refractivity contribution >= 4 is 11.9 Å². The highest BCUT2D eigenvalue weighted by atomic mass is 16.4. The number of unbranched alkanes of at least 4 members (excludes halogenated alkanes) is 16. The number of carboxylic acids is 1. The predicted molar refractivity (Wildman–Crippen MR) is 123 cm³/mol. The molecule has 0 aromatic carbocycles. The van der Waals surface area contributed by atoms with E-state index in [0.717, 1.165) is 19.3 Å². The maximum absolute atomic E-state index is 11.8. The van der Waals surface area contributed by atoms with E-state index < -0.39 is 12.0 Å². The van der Waals surface area contributed by atoms with Crippen LogP contribution in [0.2, 0.25) is 0 Å². The third-order valence-electron chi connectivity index (χ3n) is 5.72. The summed E-state index contributed by atoms with van der Waals surface area (Å²) in [6.07, 6.45) is 24.2. The fraction of sp³-hybridized carbons (Fsp3) is 0.920. The van der Waals surface area contributed by atoms with E-state index in [9.17, 15) is 9.59 Å². The van der Waals surface area contributed by atoms with Gasteiger partial charge in [-0.2, -0.15) is 0 Å². The molecule has 0 aliphatic carbocycles. The topological polar surface area (TPSA) is 66.4 Å². The first-order valence-corrected chi connectivity index (χ1v) is 12.6. The zero-order valence-corrected chi connectivity index (χ0v) is 19.5. The van der Waals surface area contributed by atoms with Gasteiger partial charge in [-0.1, -0.05) is 123 Å². The number of hydrogen-bond donors (Lipinski definition) is 2. The second-order valence-electron chi connectivity index (χ2n) is 8.65. The van der Waals surface area contributed by atoms with Gasteiger partial charge in [-0.3, -0.25) is 4.79 Å². The van der Waals surface area contributed by atoms with Crippen LogP contribution < -0.4 is 5.32 Å². The van der Waals surface area contributed by atoms with Crippen molar-refractivity contribution in [1.82, 2.24) is 5.32 Å². The minimum absolute atomic E-state index is 0.119. The molecule has 0 aliphatic rings. The lowest BCUT2D eigenvalue weighted by Crippen LogP contribution is -2.40. The van der Waals surface area contributed by atoms with Crippen molar-refractivity contribution in [3.05, 3.63) is 0 Å². The lowest BCUT2D eigenvalue weighted by Gasteiger charge is -2.13. The summed E-state index contributed by atoms with van der Waals surface area (Å²) >= 11 is 0. The summed E-state index contributed by atoms with van der Waals surface area (Å²) in [4.78, 5) is 22.9. The first kappa shape index (κ1) is 27.9. The van der Waals surface area contributed by atoms with E-state index in [1.165, 1.54) is 96.3 Å². The fourth-order valence-electron chi connectivity index (χ4n) is 3.82. The average Bonchev–Trinajstić information content (AvgIpc) is 2.70. The highest BCUT2D eigenvalue weighted by molar-refractivity contribution is 5.83. The number of hydrogen-bond acceptors (Lipinski definition) is 2. The van der Waals surface area contributed by atoms with Crippen molar-refractivity contribution in [1.29, 1.82) is 0 Å². The van der Waals surface area contributed by atoms with Gasteiger partial charge in [0.15, 0.2) is 0 Å². The van der Waals surface area contributed by atoms with E-state index in [4.69, 9.17) is 5.11 Å². The lowest BCUT2D eigenvalue weighted by atomic mass is 10.0. The van der Waals surface area contributed by atoms with Gasteiger partial charge in [0.1, 0.15) is 6.04 Å². The Kier molecular flexibility index (Phi) is 20.9. The van der Waals surface area contributed by atoms with Crippen LogP contribution in [0.25, 0.3) is 0 Å². The number of carbonyl (C=O) groups excluding carboxylic acids is 1. The molecule has 0 heterocycles. The molecule has 0 fully saturated rings. The SMILES string of the molecule is CCCCCCCCCCCCCCCCCCCC(=O)NC(CCC)C(=O)O. The number of nitrogens with one attached hydrogen (secondary N) is 1. The standard InChI is InChI=1S/C25H49NO3/c1-3-5-6-7-8-9-10-11-12-13-14-15-16-17-18-19-20-22-24(27)26-23(21-4-2)25(28)29/h23H,3-22H2,1-2H3,(H,26,27)(H,28,29). The molecule has 1 atom stereocenters. The van der Waals surface area contributed by atoms with Crippen LogP contribution in [0, 0.1) is 0 Å². The molecule has 0 saturated heterocycles. The van der Waals surface area contributed by atoms with Gasteiger partial charge in [0.2, 0.25) is 5.91 Å². The van der Waals surface area contributed by atoms with Crippen LogP contribution in [0.5, 0.6) is 0 Å². The van der Waals surface area contributed by atoms with Crippen molar-refractivity contribution in [2.75, 3.05) is 0 Å². The monoisotopic (exact) mass is 411 g/mol. The van der Waals surface area contributed by atoms with Crippen molar-refractivity contribution in [2.24, 2.45) is 0 Å². The molecule has 29 heavy (non-hydrogen) atoms. The minimum atomic E-state index is -0.928. The third-order valence-corrected chi connectivity index (χ3v) is 5.72. The first-order chi connectivity index (χ1) is 14.1. The van der Waals surface area contributed by atoms with Crippen LogP contribution in [0.4, 0.5) is 0 Å². The van der Waals surface area contributed by atoms with Crippen molar-refractivity contribution in [2.45, 2.75) is 148 Å². The summed E-state index contributed by atoms with van der Waals surface area (Å²) in [5.41, 5.74) is 0. The Morgan fingerprint density at radius 2 is 1.00 bits per heavy atom. The van der Waals surface area contributed by atoms with Crippen LogP contribution >= 0.6 is 0 Å². The summed E-state index contributed by atoms with van der Waals surface area (Å²) in [7, 11) is 0. The van der Waals surface area contributed by atoms with E-state index >= 15 is 0 Å². The van der Waals surface area contributed by atoms with E-state index in [0.29, 0.717) is 12.8 Å². The normalized spacial score (nSPS) is 12.1. The van der Waals surface area contributed by atoms with Crippen molar-refractivity contribution in [3.8, 4) is 0 Å². The molecule has 0 saturated carbocycles. The Hall–Kier alpha value is -1.06. The molecule has 0 radical (unpaired) electrons. The highest BCUT2D eigenvalue weighted by Gasteiger charge is 2.18. The summed E-state index contributed by atoms with van der Waals surface area (Å²) < 4.78 is 0. The zero-order chi connectivity index (χ0) is 21.6. The van der Waals surface area contributed by atoms with Gasteiger partial charge in [0, 0.05) is 6.42 Å². The van der Waals surface area contributed by atoms with Gasteiger partial charge < -0.3 is 10.4 Å². The molecule has 0 aromatic heterocycles. The first-order valence-electron chi connectivity index (χ1n) is 12.6. The third kappa shape index (κ3) is 20.0. The van der Waals surface area contributed by atoms with Crippen LogP contribution in [0.15, 0.2) is 0 Å². The Morgan fingerprint density at radius 1 is 0.621 bits per heavy atom. The molecule has 1 unspecified atom stereocenters. The minimum Gasteiger partial charge on any atom is -0.480 e. The van der Waals surface area contributed by atoms with Crippen LogP contribution in [-0.2, 0) is 9.59 Å². The summed E-state index contributed by atoms with van der Waals surface area (Å²) in [6, 6.07) is -0.724. The van der Waals surface area contributed by atoms with Gasteiger partial charge >= 0.3 is 5.97 Å². The molecule has 0 spiro atoms. The van der Waals surface area contributed by atoms with Crippen molar-refractivity contribution in [3.63, 3.8) is 0 Å². The predicted octanol–water partition coefficient (Wildman–Crippen LogP) is 7.40. The fourth-order valence-corrected chi connectivity index (χ4v) is 3.82. The molecule has 0 aromatic rings. The summed E-state index contributed by atoms with van der Waals surface area (Å²) in [5.74, 6) is -1.05. The maximum atomic E-state index is 11.8. The van der Waals surface area contributed by atoms with Crippen molar-refractivity contribution < 1.29 is 14.7 Å². The number of carboxylic acid groups (broad SMARTS) is 1. The average molecular weight is 412 g/mol. The molecule has 172 valence electrons. The van der Waals surface area contributed by atoms with Crippen LogP contribution in [0.1, 0.15) is 142 Å². The molecule has 0 aliphatic heterocycles. The smallest absolute Gasteiger partial charge is 0.326 e. The molecule has 2 N–H and O–H groups in total. The second-order valence-corrected chi connectivity index (χ2v) is 8.65. The van der Waals surface area contributed by atoms with Gasteiger partial charge in [-0.15, -0.1) is 0 Å². The number of rotatable bonds is 22. The second kappa shape index (κ2) is 21.6. The van der Waals surface area contributed by atoms with Gasteiger partial charge in [-0.05, 0) is 12.8 Å². The molecule has 0 rings (SSSR count). The zero-order valence-electron chi connectivity index (χ0n) is 19.5. The van der Waals surface area contributed by atoms with E-state index in [-0.39, 0.29) is 5.91 Å². The van der Waals surface area contributed by atoms with E-state index in [1.54, 1.807) is 0 Å². The van der Waals surface area contributed by atoms with E-state index in [1.807, 2.05) is 6.92 Å². The number of amides is 1. The summed E-state index contributed by atoms with van der Waals surface area (Å²) in [5, 5.41) is 11.7. The summed E-state index contributed by atoms with van der Waals surface area (Å²) in [6.45, 7) is 4.20. The van der Waals surface area contributed by atoms with Gasteiger partial charge in [0.05, 0.1) is 0 Å². The molecule has 4 heteroatoms. The largest absolute Gasteiger partial charge is 0.480 e. The highest BCUT2D eigenvalue weighted by Crippen LogP contribution is 2.14. The quantitative estimate of drug-likeness (QED) is 0.182. The van der Waals surface area contributed by atoms with Gasteiger partial charge in [-0.25, -0.2) is 4.79 Å². The van der Waals surface area contributed by atoms with Crippen LogP contribution in [0.3, 0.4) is 0 Å². The Bertz CT molecular complexity index is 384. The van der Waals surface area contributed by atoms with Gasteiger partial charge in [0.25, 0.3) is 0 Å².